The number of piperidine rings is 1. The monoisotopic (exact) mass is 432 g/mol. The minimum Gasteiger partial charge on any atom is -0.508 e. The molecular formula is C25H22F2N4O. The van der Waals surface area contributed by atoms with Crippen molar-refractivity contribution >= 4 is 27.5 Å². The maximum absolute atomic E-state index is 15.9. The minimum absolute atomic E-state index is 0.0293. The molecule has 5 nitrogen and oxygen atoms in total. The van der Waals surface area contributed by atoms with Gasteiger partial charge in [0.1, 0.15) is 34.4 Å². The van der Waals surface area contributed by atoms with Crippen molar-refractivity contribution in [1.29, 1.82) is 0 Å². The van der Waals surface area contributed by atoms with Gasteiger partial charge in [-0.3, -0.25) is 4.98 Å². The molecule has 1 aliphatic heterocycles. The molecule has 0 amide bonds. The number of phenols is 1. The third-order valence-electron chi connectivity index (χ3n) is 6.82. The van der Waals surface area contributed by atoms with Crippen LogP contribution in [0.15, 0.2) is 30.5 Å². The fourth-order valence-electron chi connectivity index (χ4n) is 5.18. The number of fused-ring (bicyclic) bond motifs is 3. The number of benzene rings is 2. The lowest BCUT2D eigenvalue weighted by Crippen LogP contribution is -2.24. The van der Waals surface area contributed by atoms with Crippen LogP contribution in [-0.2, 0) is 6.42 Å². The van der Waals surface area contributed by atoms with Crippen LogP contribution in [-0.4, -0.2) is 33.1 Å². The Morgan fingerprint density at radius 3 is 2.66 bits per heavy atom. The van der Waals surface area contributed by atoms with Crippen LogP contribution < -0.4 is 4.90 Å². The summed E-state index contributed by atoms with van der Waals surface area (Å²) in [6.45, 7) is 5.46. The minimum atomic E-state index is -0.586. The Balaban J connectivity index is 1.60. The Morgan fingerprint density at radius 2 is 1.91 bits per heavy atom. The summed E-state index contributed by atoms with van der Waals surface area (Å²) >= 11 is 0. The SMILES string of the molecule is CCc1c(F)ccc2cc(O)cc(-c3ncc4c(N5CC6CC6C5)nc(C)nc4c3F)c12. The van der Waals surface area contributed by atoms with Crippen molar-refractivity contribution in [2.24, 2.45) is 11.8 Å². The largest absolute Gasteiger partial charge is 0.508 e. The highest BCUT2D eigenvalue weighted by Gasteiger charge is 2.45. The summed E-state index contributed by atoms with van der Waals surface area (Å²) in [5, 5.41) is 12.1. The summed E-state index contributed by atoms with van der Waals surface area (Å²) in [6, 6.07) is 5.97. The van der Waals surface area contributed by atoms with Crippen LogP contribution >= 0.6 is 0 Å². The zero-order valence-electron chi connectivity index (χ0n) is 17.9. The molecule has 4 aromatic rings. The van der Waals surface area contributed by atoms with Crippen LogP contribution in [0.1, 0.15) is 24.7 Å². The Hall–Kier alpha value is -3.35. The van der Waals surface area contributed by atoms with E-state index in [1.165, 1.54) is 18.6 Å². The van der Waals surface area contributed by atoms with Gasteiger partial charge in [0.05, 0.1) is 5.39 Å². The van der Waals surface area contributed by atoms with E-state index in [4.69, 9.17) is 0 Å². The highest BCUT2D eigenvalue weighted by Crippen LogP contribution is 2.47. The first-order valence-electron chi connectivity index (χ1n) is 11.0. The molecule has 1 saturated heterocycles. The van der Waals surface area contributed by atoms with Gasteiger partial charge in [0, 0.05) is 24.8 Å². The van der Waals surface area contributed by atoms with Crippen molar-refractivity contribution in [2.45, 2.75) is 26.7 Å². The molecule has 1 saturated carbocycles. The van der Waals surface area contributed by atoms with Gasteiger partial charge in [0.25, 0.3) is 0 Å². The maximum Gasteiger partial charge on any atom is 0.175 e. The lowest BCUT2D eigenvalue weighted by Gasteiger charge is -2.21. The van der Waals surface area contributed by atoms with Gasteiger partial charge in [-0.2, -0.15) is 0 Å². The van der Waals surface area contributed by atoms with Crippen molar-refractivity contribution in [3.05, 3.63) is 53.5 Å². The molecule has 0 spiro atoms. The van der Waals surface area contributed by atoms with Crippen LogP contribution in [0.5, 0.6) is 5.75 Å². The summed E-state index contributed by atoms with van der Waals surface area (Å²) in [5.74, 6) is 1.65. The lowest BCUT2D eigenvalue weighted by molar-refractivity contribution is 0.476. The Morgan fingerprint density at radius 1 is 1.12 bits per heavy atom. The molecule has 7 heteroatoms. The molecule has 0 bridgehead atoms. The molecule has 6 rings (SSSR count). The second-order valence-electron chi connectivity index (χ2n) is 8.91. The van der Waals surface area contributed by atoms with E-state index >= 15 is 4.39 Å². The molecule has 2 unspecified atom stereocenters. The van der Waals surface area contributed by atoms with Crippen molar-refractivity contribution < 1.29 is 13.9 Å². The number of aromatic nitrogens is 3. The Labute approximate surface area is 183 Å². The Bertz CT molecular complexity index is 1410. The van der Waals surface area contributed by atoms with Crippen LogP contribution in [0.2, 0.25) is 0 Å². The van der Waals surface area contributed by atoms with E-state index < -0.39 is 5.82 Å². The van der Waals surface area contributed by atoms with Gasteiger partial charge < -0.3 is 10.0 Å². The number of aromatic hydroxyl groups is 1. The number of aryl methyl sites for hydroxylation is 2. The van der Waals surface area contributed by atoms with Crippen molar-refractivity contribution in [1.82, 2.24) is 15.0 Å². The third-order valence-corrected chi connectivity index (χ3v) is 6.82. The lowest BCUT2D eigenvalue weighted by atomic mass is 9.94. The van der Waals surface area contributed by atoms with Crippen molar-refractivity contribution in [3.8, 4) is 17.0 Å². The first-order valence-corrected chi connectivity index (χ1v) is 11.0. The molecule has 1 aliphatic carbocycles. The molecule has 32 heavy (non-hydrogen) atoms. The molecule has 162 valence electrons. The molecular weight excluding hydrogens is 410 g/mol. The molecule has 2 aromatic heterocycles. The standard InChI is InChI=1S/C25H22F2N4O/c1-3-17-20(26)5-4-13-7-16(32)8-18(21(13)17)23-22(27)24-19(9-28-23)25(30-12(2)29-24)31-10-14-6-15(14)11-31/h4-5,7-9,14-15,32H,3,6,10-11H2,1-2H3. The molecule has 1 N–H and O–H groups in total. The van der Waals surface area contributed by atoms with Gasteiger partial charge >= 0.3 is 0 Å². The smallest absolute Gasteiger partial charge is 0.175 e. The summed E-state index contributed by atoms with van der Waals surface area (Å²) in [5.41, 5.74) is 1.07. The number of hydrogen-bond donors (Lipinski definition) is 1. The summed E-state index contributed by atoms with van der Waals surface area (Å²) in [6.07, 6.45) is 3.29. The average molecular weight is 432 g/mol. The highest BCUT2D eigenvalue weighted by molar-refractivity contribution is 6.01. The van der Waals surface area contributed by atoms with E-state index in [0.29, 0.717) is 51.4 Å². The van der Waals surface area contributed by atoms with E-state index in [2.05, 4.69) is 19.9 Å². The van der Waals surface area contributed by atoms with E-state index in [1.54, 1.807) is 25.3 Å². The van der Waals surface area contributed by atoms with Gasteiger partial charge in [0.15, 0.2) is 5.82 Å². The molecule has 2 aliphatic rings. The van der Waals surface area contributed by atoms with Gasteiger partial charge in [-0.05, 0) is 66.1 Å². The predicted molar refractivity (Wildman–Crippen MR) is 120 cm³/mol. The molecule has 2 fully saturated rings. The van der Waals surface area contributed by atoms with Gasteiger partial charge in [-0.25, -0.2) is 18.7 Å². The van der Waals surface area contributed by atoms with Crippen molar-refractivity contribution in [3.63, 3.8) is 0 Å². The number of nitrogens with zero attached hydrogens (tertiary/aromatic N) is 4. The molecule has 2 aromatic carbocycles. The Kier molecular flexibility index (Phi) is 4.12. The van der Waals surface area contributed by atoms with Crippen LogP contribution in [0.25, 0.3) is 32.9 Å². The highest BCUT2D eigenvalue weighted by atomic mass is 19.1. The van der Waals surface area contributed by atoms with E-state index in [9.17, 15) is 9.50 Å². The first-order chi connectivity index (χ1) is 15.4. The van der Waals surface area contributed by atoms with E-state index in [0.717, 1.165) is 18.9 Å². The molecule has 3 heterocycles. The normalized spacial score (nSPS) is 19.7. The number of phenolic OH excluding ortho intramolecular Hbond substituents is 1. The predicted octanol–water partition coefficient (Wildman–Crippen LogP) is 5.16. The van der Waals surface area contributed by atoms with E-state index in [-0.39, 0.29) is 22.8 Å². The maximum atomic E-state index is 15.9. The number of pyridine rings is 1. The zero-order valence-corrected chi connectivity index (χ0v) is 17.9. The average Bonchev–Trinajstić information content (AvgIpc) is 3.38. The summed E-state index contributed by atoms with van der Waals surface area (Å²) in [4.78, 5) is 15.6. The second-order valence-corrected chi connectivity index (χ2v) is 8.91. The number of halogens is 2. The fraction of sp³-hybridized carbons (Fsp3) is 0.320. The second kappa shape index (κ2) is 6.82. The molecule has 0 radical (unpaired) electrons. The van der Waals surface area contributed by atoms with Crippen LogP contribution in [0.4, 0.5) is 14.6 Å². The summed E-state index contributed by atoms with van der Waals surface area (Å²) in [7, 11) is 0. The van der Waals surface area contributed by atoms with E-state index in [1.807, 2.05) is 6.92 Å². The number of rotatable bonds is 3. The number of hydrogen-bond acceptors (Lipinski definition) is 5. The summed E-state index contributed by atoms with van der Waals surface area (Å²) < 4.78 is 30.5. The van der Waals surface area contributed by atoms with Gasteiger partial charge in [-0.15, -0.1) is 0 Å². The third kappa shape index (κ3) is 2.83. The van der Waals surface area contributed by atoms with Gasteiger partial charge in [0.2, 0.25) is 0 Å². The van der Waals surface area contributed by atoms with Crippen molar-refractivity contribution in [2.75, 3.05) is 18.0 Å². The first kappa shape index (κ1) is 19.3. The fourth-order valence-corrected chi connectivity index (χ4v) is 5.18. The quantitative estimate of drug-likeness (QED) is 0.485. The number of anilines is 1. The van der Waals surface area contributed by atoms with Gasteiger partial charge in [-0.1, -0.05) is 13.0 Å². The van der Waals surface area contributed by atoms with Crippen LogP contribution in [0.3, 0.4) is 0 Å². The topological polar surface area (TPSA) is 62.1 Å². The van der Waals surface area contributed by atoms with Crippen LogP contribution in [0, 0.1) is 30.4 Å². The molecule has 2 atom stereocenters. The zero-order chi connectivity index (χ0) is 22.1.